The second-order valence-electron chi connectivity index (χ2n) is 5.18. The minimum absolute atomic E-state index is 0.0797. The van der Waals surface area contributed by atoms with Gasteiger partial charge in [-0.25, -0.2) is 0 Å². The molecule has 2 nitrogen and oxygen atoms in total. The quantitative estimate of drug-likeness (QED) is 0.539. The van der Waals surface area contributed by atoms with Crippen LogP contribution in [0.1, 0.15) is 27.7 Å². The van der Waals surface area contributed by atoms with Gasteiger partial charge in [0.05, 0.1) is 0 Å². The van der Waals surface area contributed by atoms with E-state index in [4.69, 9.17) is 0 Å². The monoisotopic (exact) mass is 230 g/mol. The predicted molar refractivity (Wildman–Crippen MR) is 69.6 cm³/mol. The molecule has 0 unspecified atom stereocenters. The average Bonchev–Trinajstić information content (AvgIpc) is 2.19. The zero-order chi connectivity index (χ0) is 13.2. The molecule has 0 aromatic heterocycles. The van der Waals surface area contributed by atoms with E-state index < -0.39 is 0 Å². The molecular weight excluding hydrogens is 212 g/mol. The molecule has 0 aromatic carbocycles. The number of ketones is 2. The fourth-order valence-electron chi connectivity index (χ4n) is 1.72. The molecule has 1 aliphatic carbocycles. The second-order valence-corrected chi connectivity index (χ2v) is 5.18. The molecule has 0 amide bonds. The predicted octanol–water partition coefficient (Wildman–Crippen LogP) is 3.17. The first-order valence-electron chi connectivity index (χ1n) is 5.59. The third kappa shape index (κ3) is 2.90. The summed E-state index contributed by atoms with van der Waals surface area (Å²) in [7, 11) is 0. The maximum absolute atomic E-state index is 12.0. The van der Waals surface area contributed by atoms with Gasteiger partial charge in [-0.1, -0.05) is 39.5 Å². The first kappa shape index (κ1) is 13.4. The van der Waals surface area contributed by atoms with Gasteiger partial charge in [0.25, 0.3) is 0 Å². The molecule has 0 aromatic rings. The topological polar surface area (TPSA) is 34.1 Å². The van der Waals surface area contributed by atoms with Crippen molar-refractivity contribution in [3.8, 4) is 0 Å². The van der Waals surface area contributed by atoms with E-state index in [0.29, 0.717) is 11.1 Å². The highest BCUT2D eigenvalue weighted by atomic mass is 16.1. The van der Waals surface area contributed by atoms with Crippen molar-refractivity contribution >= 4 is 11.6 Å². The highest BCUT2D eigenvalue weighted by Crippen LogP contribution is 2.30. The van der Waals surface area contributed by atoms with Crippen LogP contribution in [0, 0.1) is 5.41 Å². The molecule has 0 spiro atoms. The third-order valence-electron chi connectivity index (χ3n) is 2.68. The van der Waals surface area contributed by atoms with Gasteiger partial charge < -0.3 is 0 Å². The summed E-state index contributed by atoms with van der Waals surface area (Å²) in [5, 5.41) is 0. The lowest BCUT2D eigenvalue weighted by atomic mass is 9.79. The zero-order valence-corrected chi connectivity index (χ0v) is 10.8. The minimum atomic E-state index is -0.301. The summed E-state index contributed by atoms with van der Waals surface area (Å²) in [6.45, 7) is 11.2. The van der Waals surface area contributed by atoms with E-state index in [1.807, 2.05) is 20.8 Å². The second kappa shape index (κ2) is 4.66. The molecule has 0 heterocycles. The van der Waals surface area contributed by atoms with Gasteiger partial charge in [-0.3, -0.25) is 9.59 Å². The number of hydrogen-bond acceptors (Lipinski definition) is 2. The fourth-order valence-corrected chi connectivity index (χ4v) is 1.72. The molecular formula is C15H18O2. The Kier molecular flexibility index (Phi) is 3.66. The van der Waals surface area contributed by atoms with Gasteiger partial charge in [0, 0.05) is 11.1 Å². The molecule has 0 bridgehead atoms. The molecule has 17 heavy (non-hydrogen) atoms. The maximum Gasteiger partial charge on any atom is 0.186 e. The lowest BCUT2D eigenvalue weighted by Crippen LogP contribution is -2.23. The Bertz CT molecular complexity index is 466. The van der Waals surface area contributed by atoms with Crippen LogP contribution in [-0.4, -0.2) is 11.6 Å². The van der Waals surface area contributed by atoms with E-state index in [1.54, 1.807) is 19.1 Å². The van der Waals surface area contributed by atoms with Gasteiger partial charge in [-0.2, -0.15) is 0 Å². The van der Waals surface area contributed by atoms with E-state index in [0.717, 1.165) is 5.57 Å². The zero-order valence-electron chi connectivity index (χ0n) is 10.8. The van der Waals surface area contributed by atoms with Crippen LogP contribution in [0.15, 0.2) is 47.6 Å². The highest BCUT2D eigenvalue weighted by Gasteiger charge is 2.28. The smallest absolute Gasteiger partial charge is 0.186 e. The first-order chi connectivity index (χ1) is 7.77. The summed E-state index contributed by atoms with van der Waals surface area (Å²) in [5.41, 5.74) is 1.49. The van der Waals surface area contributed by atoms with Gasteiger partial charge in [0.1, 0.15) is 0 Å². The lowest BCUT2D eigenvalue weighted by Gasteiger charge is -2.23. The lowest BCUT2D eigenvalue weighted by molar-refractivity contribution is -0.115. The van der Waals surface area contributed by atoms with Crippen molar-refractivity contribution in [1.82, 2.24) is 0 Å². The van der Waals surface area contributed by atoms with Crippen molar-refractivity contribution in [1.29, 1.82) is 0 Å². The molecule has 90 valence electrons. The Hall–Kier alpha value is -1.70. The maximum atomic E-state index is 12.0. The Morgan fingerprint density at radius 3 is 2.24 bits per heavy atom. The van der Waals surface area contributed by atoms with E-state index in [1.165, 1.54) is 12.2 Å². The van der Waals surface area contributed by atoms with Crippen molar-refractivity contribution < 1.29 is 9.59 Å². The van der Waals surface area contributed by atoms with Crippen LogP contribution >= 0.6 is 0 Å². The van der Waals surface area contributed by atoms with Crippen molar-refractivity contribution in [2.45, 2.75) is 27.7 Å². The van der Waals surface area contributed by atoms with Crippen LogP contribution in [0.4, 0.5) is 0 Å². The van der Waals surface area contributed by atoms with Gasteiger partial charge in [0.15, 0.2) is 11.6 Å². The molecule has 0 atom stereocenters. The number of allylic oxidation sites excluding steroid dienone is 7. The van der Waals surface area contributed by atoms with Crippen LogP contribution in [0.25, 0.3) is 0 Å². The molecule has 0 radical (unpaired) electrons. The first-order valence-corrected chi connectivity index (χ1v) is 5.59. The van der Waals surface area contributed by atoms with E-state index in [-0.39, 0.29) is 17.0 Å². The Balaban J connectivity index is 3.16. The summed E-state index contributed by atoms with van der Waals surface area (Å²) in [6, 6.07) is 0. The third-order valence-corrected chi connectivity index (χ3v) is 2.68. The van der Waals surface area contributed by atoms with Crippen LogP contribution in [0.5, 0.6) is 0 Å². The van der Waals surface area contributed by atoms with E-state index >= 15 is 0 Å². The summed E-state index contributed by atoms with van der Waals surface area (Å²) >= 11 is 0. The fraction of sp³-hybridized carbons (Fsp3) is 0.333. The molecule has 0 N–H and O–H groups in total. The summed E-state index contributed by atoms with van der Waals surface area (Å²) in [5.74, 6) is -0.186. The largest absolute Gasteiger partial charge is 0.290 e. The van der Waals surface area contributed by atoms with Crippen LogP contribution in [-0.2, 0) is 9.59 Å². The Morgan fingerprint density at radius 1 is 1.18 bits per heavy atom. The molecule has 1 aliphatic rings. The Labute approximate surface area is 102 Å². The molecule has 0 aliphatic heterocycles. The van der Waals surface area contributed by atoms with E-state index in [9.17, 15) is 9.59 Å². The standard InChI is InChI=1S/C15H18O2/c1-6-7-10(2)11-8-14(17)12(9-13(11)16)15(3,4)5/h6-9H,1H2,2-5H3/b10-7+. The van der Waals surface area contributed by atoms with E-state index in [2.05, 4.69) is 6.58 Å². The van der Waals surface area contributed by atoms with Gasteiger partial charge in [-0.15, -0.1) is 0 Å². The van der Waals surface area contributed by atoms with Crippen molar-refractivity contribution in [3.05, 3.63) is 47.6 Å². The van der Waals surface area contributed by atoms with Crippen molar-refractivity contribution in [3.63, 3.8) is 0 Å². The summed E-state index contributed by atoms with van der Waals surface area (Å²) < 4.78 is 0. The minimum Gasteiger partial charge on any atom is -0.290 e. The highest BCUT2D eigenvalue weighted by molar-refractivity contribution is 6.22. The molecule has 1 rings (SSSR count). The number of rotatable bonds is 2. The van der Waals surface area contributed by atoms with Crippen LogP contribution < -0.4 is 0 Å². The van der Waals surface area contributed by atoms with Gasteiger partial charge in [0.2, 0.25) is 0 Å². The molecule has 2 heteroatoms. The van der Waals surface area contributed by atoms with Crippen LogP contribution in [0.3, 0.4) is 0 Å². The normalized spacial score (nSPS) is 17.8. The Morgan fingerprint density at radius 2 is 1.76 bits per heavy atom. The average molecular weight is 230 g/mol. The van der Waals surface area contributed by atoms with Gasteiger partial charge >= 0.3 is 0 Å². The number of hydrogen-bond donors (Lipinski definition) is 0. The SMILES string of the molecule is C=C/C=C(\C)C1=CC(=O)C(C(C)(C)C)=CC1=O. The summed E-state index contributed by atoms with van der Waals surface area (Å²) in [6.07, 6.45) is 6.22. The van der Waals surface area contributed by atoms with Crippen molar-refractivity contribution in [2.24, 2.45) is 5.41 Å². The van der Waals surface area contributed by atoms with Gasteiger partial charge in [-0.05, 0) is 30.1 Å². The molecule has 0 fully saturated rings. The molecule has 0 saturated heterocycles. The van der Waals surface area contributed by atoms with Crippen LogP contribution in [0.2, 0.25) is 0 Å². The number of carbonyl (C=O) groups excluding carboxylic acids is 2. The summed E-state index contributed by atoms with van der Waals surface area (Å²) in [4.78, 5) is 23.9. The number of carbonyl (C=O) groups is 2. The molecule has 0 saturated carbocycles. The van der Waals surface area contributed by atoms with Crippen molar-refractivity contribution in [2.75, 3.05) is 0 Å².